The molecule has 2 aliphatic rings. The standard InChI is InChI=1S/C23H32O6/c24-18-9-8-16(6-2-1-4-10-22(12-13-22)20(26)27)19(25)17(18)7-3-5-11-23(14-15-23)21(28)29/h8-9,24-25H,1-7,10-15H2,(H,26,27)(H,28,29). The molecule has 2 fully saturated rings. The SMILES string of the molecule is O=C(O)C1(CCCCCc2ccc(O)c(CCCCC3(C(=O)O)CC3)c2O)CC1. The van der Waals surface area contributed by atoms with E-state index in [0.29, 0.717) is 24.8 Å². The molecule has 0 atom stereocenters. The third-order valence-electron chi connectivity index (χ3n) is 6.89. The number of hydrogen-bond acceptors (Lipinski definition) is 4. The summed E-state index contributed by atoms with van der Waals surface area (Å²) in [5.74, 6) is -1.15. The molecule has 160 valence electrons. The molecular formula is C23H32O6. The second kappa shape index (κ2) is 8.64. The molecule has 0 bridgehead atoms. The third kappa shape index (κ3) is 5.03. The summed E-state index contributed by atoms with van der Waals surface area (Å²) in [5, 5.41) is 39.1. The number of phenolic OH excluding ortho intramolecular Hbond substituents is 2. The monoisotopic (exact) mass is 404 g/mol. The van der Waals surface area contributed by atoms with Crippen LogP contribution in [-0.2, 0) is 22.4 Å². The average Bonchev–Trinajstić information content (AvgIpc) is 3.58. The molecule has 0 spiro atoms. The normalized spacial score (nSPS) is 18.3. The number of aromatic hydroxyl groups is 2. The van der Waals surface area contributed by atoms with Crippen molar-refractivity contribution in [3.63, 3.8) is 0 Å². The topological polar surface area (TPSA) is 115 Å². The lowest BCUT2D eigenvalue weighted by molar-refractivity contribution is -0.144. The van der Waals surface area contributed by atoms with E-state index in [9.17, 15) is 30.0 Å². The van der Waals surface area contributed by atoms with Gasteiger partial charge in [0, 0.05) is 5.56 Å². The number of carbonyl (C=O) groups is 2. The molecular weight excluding hydrogens is 372 g/mol. The molecule has 6 nitrogen and oxygen atoms in total. The van der Waals surface area contributed by atoms with E-state index in [-0.39, 0.29) is 11.5 Å². The number of aliphatic carboxylic acids is 2. The van der Waals surface area contributed by atoms with Crippen LogP contribution in [0.5, 0.6) is 11.5 Å². The average molecular weight is 405 g/mol. The first-order chi connectivity index (χ1) is 13.8. The number of phenols is 2. The minimum absolute atomic E-state index is 0.0859. The van der Waals surface area contributed by atoms with Crippen LogP contribution < -0.4 is 0 Å². The molecule has 6 heteroatoms. The van der Waals surface area contributed by atoms with Crippen LogP contribution in [0.25, 0.3) is 0 Å². The first kappa shape index (κ1) is 21.5. The van der Waals surface area contributed by atoms with Gasteiger partial charge in [-0.25, -0.2) is 0 Å². The van der Waals surface area contributed by atoms with Crippen LogP contribution in [0.3, 0.4) is 0 Å². The Labute approximate surface area is 171 Å². The summed E-state index contributed by atoms with van der Waals surface area (Å²) in [6.45, 7) is 0. The lowest BCUT2D eigenvalue weighted by Gasteiger charge is -2.13. The van der Waals surface area contributed by atoms with Crippen molar-refractivity contribution in [1.82, 2.24) is 0 Å². The van der Waals surface area contributed by atoms with Crippen LogP contribution in [0, 0.1) is 10.8 Å². The van der Waals surface area contributed by atoms with Gasteiger partial charge in [-0.3, -0.25) is 9.59 Å². The summed E-state index contributed by atoms with van der Waals surface area (Å²) in [7, 11) is 0. The summed E-state index contributed by atoms with van der Waals surface area (Å²) in [4.78, 5) is 22.4. The van der Waals surface area contributed by atoms with Crippen LogP contribution in [-0.4, -0.2) is 32.4 Å². The molecule has 2 saturated carbocycles. The molecule has 2 aliphatic carbocycles. The smallest absolute Gasteiger partial charge is 0.309 e. The van der Waals surface area contributed by atoms with Crippen molar-refractivity contribution in [1.29, 1.82) is 0 Å². The Kier molecular flexibility index (Phi) is 6.39. The van der Waals surface area contributed by atoms with Crippen LogP contribution >= 0.6 is 0 Å². The lowest BCUT2D eigenvalue weighted by Crippen LogP contribution is -2.14. The fraction of sp³-hybridized carbons (Fsp3) is 0.652. The summed E-state index contributed by atoms with van der Waals surface area (Å²) >= 11 is 0. The van der Waals surface area contributed by atoms with Crippen molar-refractivity contribution in [2.45, 2.75) is 83.5 Å². The minimum atomic E-state index is -0.707. The quantitative estimate of drug-likeness (QED) is 0.356. The fourth-order valence-corrected chi connectivity index (χ4v) is 4.29. The number of hydrogen-bond donors (Lipinski definition) is 4. The van der Waals surface area contributed by atoms with Gasteiger partial charge >= 0.3 is 11.9 Å². The van der Waals surface area contributed by atoms with E-state index < -0.39 is 22.8 Å². The van der Waals surface area contributed by atoms with Crippen molar-refractivity contribution < 1.29 is 30.0 Å². The van der Waals surface area contributed by atoms with Gasteiger partial charge < -0.3 is 20.4 Å². The van der Waals surface area contributed by atoms with Gasteiger partial charge in [-0.2, -0.15) is 0 Å². The number of aryl methyl sites for hydroxylation is 1. The number of unbranched alkanes of at least 4 members (excludes halogenated alkanes) is 3. The van der Waals surface area contributed by atoms with E-state index in [1.54, 1.807) is 12.1 Å². The van der Waals surface area contributed by atoms with E-state index >= 15 is 0 Å². The molecule has 3 rings (SSSR count). The first-order valence-corrected chi connectivity index (χ1v) is 10.8. The first-order valence-electron chi connectivity index (χ1n) is 10.8. The zero-order valence-corrected chi connectivity index (χ0v) is 17.0. The zero-order valence-electron chi connectivity index (χ0n) is 17.0. The van der Waals surface area contributed by atoms with Crippen molar-refractivity contribution in [2.75, 3.05) is 0 Å². The van der Waals surface area contributed by atoms with Crippen molar-refractivity contribution >= 4 is 11.9 Å². The van der Waals surface area contributed by atoms with Crippen LogP contribution in [0.2, 0.25) is 0 Å². The van der Waals surface area contributed by atoms with E-state index in [1.807, 2.05) is 0 Å². The Hall–Kier alpha value is -2.24. The predicted molar refractivity (Wildman–Crippen MR) is 108 cm³/mol. The molecule has 0 heterocycles. The summed E-state index contributed by atoms with van der Waals surface area (Å²) in [6, 6.07) is 3.37. The highest BCUT2D eigenvalue weighted by molar-refractivity contribution is 5.78. The van der Waals surface area contributed by atoms with Crippen molar-refractivity contribution in [3.8, 4) is 11.5 Å². The number of benzene rings is 1. The van der Waals surface area contributed by atoms with Crippen molar-refractivity contribution in [2.24, 2.45) is 10.8 Å². The largest absolute Gasteiger partial charge is 0.508 e. The Morgan fingerprint density at radius 3 is 1.79 bits per heavy atom. The van der Waals surface area contributed by atoms with Gasteiger partial charge in [0.1, 0.15) is 11.5 Å². The summed E-state index contributed by atoms with van der Waals surface area (Å²) in [5.41, 5.74) is 0.367. The number of carboxylic acid groups (broad SMARTS) is 2. The minimum Gasteiger partial charge on any atom is -0.508 e. The molecule has 29 heavy (non-hydrogen) atoms. The van der Waals surface area contributed by atoms with Crippen LogP contribution in [0.4, 0.5) is 0 Å². The highest BCUT2D eigenvalue weighted by Crippen LogP contribution is 2.51. The maximum Gasteiger partial charge on any atom is 0.309 e. The van der Waals surface area contributed by atoms with Crippen molar-refractivity contribution in [3.05, 3.63) is 23.3 Å². The van der Waals surface area contributed by atoms with E-state index in [1.165, 1.54) is 0 Å². The molecule has 0 radical (unpaired) electrons. The Morgan fingerprint density at radius 1 is 0.759 bits per heavy atom. The highest BCUT2D eigenvalue weighted by Gasteiger charge is 2.49. The van der Waals surface area contributed by atoms with E-state index in [2.05, 4.69) is 0 Å². The maximum absolute atomic E-state index is 11.2. The molecule has 0 unspecified atom stereocenters. The number of rotatable bonds is 13. The van der Waals surface area contributed by atoms with Gasteiger partial charge in [0.25, 0.3) is 0 Å². The predicted octanol–water partition coefficient (Wildman–Crippen LogP) is 4.64. The molecule has 0 aromatic heterocycles. The lowest BCUT2D eigenvalue weighted by atomic mass is 9.94. The Balaban J connectivity index is 1.43. The molecule has 0 aliphatic heterocycles. The molecule has 0 amide bonds. The van der Waals surface area contributed by atoms with E-state index in [0.717, 1.165) is 69.8 Å². The molecule has 1 aromatic carbocycles. The fourth-order valence-electron chi connectivity index (χ4n) is 4.29. The van der Waals surface area contributed by atoms with Gasteiger partial charge in [0.15, 0.2) is 0 Å². The van der Waals surface area contributed by atoms with Gasteiger partial charge in [-0.05, 0) is 75.8 Å². The molecule has 4 N–H and O–H groups in total. The second-order valence-electron chi connectivity index (χ2n) is 9.01. The molecule has 1 aromatic rings. The van der Waals surface area contributed by atoms with Crippen LogP contribution in [0.15, 0.2) is 12.1 Å². The maximum atomic E-state index is 11.2. The van der Waals surface area contributed by atoms with Gasteiger partial charge in [0.2, 0.25) is 0 Å². The highest BCUT2D eigenvalue weighted by atomic mass is 16.4. The molecule has 0 saturated heterocycles. The zero-order chi connectivity index (χ0) is 21.1. The second-order valence-corrected chi connectivity index (χ2v) is 9.01. The van der Waals surface area contributed by atoms with E-state index in [4.69, 9.17) is 0 Å². The summed E-state index contributed by atoms with van der Waals surface area (Å²) in [6.07, 6.45) is 9.86. The summed E-state index contributed by atoms with van der Waals surface area (Å²) < 4.78 is 0. The van der Waals surface area contributed by atoms with Gasteiger partial charge in [-0.1, -0.05) is 25.3 Å². The van der Waals surface area contributed by atoms with Gasteiger partial charge in [0.05, 0.1) is 10.8 Å². The Morgan fingerprint density at radius 2 is 1.28 bits per heavy atom. The third-order valence-corrected chi connectivity index (χ3v) is 6.89. The number of carboxylic acids is 2. The van der Waals surface area contributed by atoms with Crippen LogP contribution in [0.1, 0.15) is 81.8 Å². The van der Waals surface area contributed by atoms with Gasteiger partial charge in [-0.15, -0.1) is 0 Å². The Bertz CT molecular complexity index is 761.